The zero-order chi connectivity index (χ0) is 20.5. The minimum Gasteiger partial charge on any atom is -0.377 e. The predicted molar refractivity (Wildman–Crippen MR) is 101 cm³/mol. The maximum absolute atomic E-state index is 12.7. The maximum atomic E-state index is 12.7. The summed E-state index contributed by atoms with van der Waals surface area (Å²) >= 11 is 0. The number of amides is 2. The first-order chi connectivity index (χ1) is 13.2. The van der Waals surface area contributed by atoms with E-state index >= 15 is 0 Å². The van der Waals surface area contributed by atoms with Crippen molar-refractivity contribution in [3.05, 3.63) is 36.4 Å². The molecule has 10 heteroatoms. The summed E-state index contributed by atoms with van der Waals surface area (Å²) in [5.41, 5.74) is 0.847. The number of nitrogens with zero attached hydrogens (tertiary/aromatic N) is 2. The number of carbonyl (C=O) groups is 3. The van der Waals surface area contributed by atoms with Crippen molar-refractivity contribution in [3.8, 4) is 0 Å². The Labute approximate surface area is 161 Å². The third kappa shape index (κ3) is 3.82. The molecule has 1 aliphatic heterocycles. The molecule has 0 aromatic heterocycles. The van der Waals surface area contributed by atoms with Gasteiger partial charge in [0.1, 0.15) is 6.54 Å². The monoisotopic (exact) mass is 405 g/mol. The maximum Gasteiger partial charge on any atom is 0.347 e. The van der Waals surface area contributed by atoms with Crippen molar-refractivity contribution in [1.29, 1.82) is 0 Å². The number of nitrogens with one attached hydrogen (secondary N) is 1. The fraction of sp³-hybridized carbons (Fsp3) is 0.278. The third-order valence-electron chi connectivity index (χ3n) is 4.24. The number of imide groups is 1. The van der Waals surface area contributed by atoms with E-state index < -0.39 is 34.4 Å². The Kier molecular flexibility index (Phi) is 5.34. The fourth-order valence-electron chi connectivity index (χ4n) is 2.91. The Morgan fingerprint density at radius 2 is 1.68 bits per heavy atom. The van der Waals surface area contributed by atoms with Gasteiger partial charge in [0.05, 0.1) is 4.90 Å². The highest BCUT2D eigenvalue weighted by atomic mass is 32.2. The van der Waals surface area contributed by atoms with Gasteiger partial charge in [-0.05, 0) is 12.1 Å². The van der Waals surface area contributed by atoms with Gasteiger partial charge >= 0.3 is 5.97 Å². The van der Waals surface area contributed by atoms with Crippen LogP contribution in [0.15, 0.2) is 41.3 Å². The van der Waals surface area contributed by atoms with Crippen LogP contribution in [0.25, 0.3) is 10.8 Å². The summed E-state index contributed by atoms with van der Waals surface area (Å²) in [6.45, 7) is -0.719. The first-order valence-electron chi connectivity index (χ1n) is 8.46. The van der Waals surface area contributed by atoms with Crippen LogP contribution in [0.2, 0.25) is 0 Å². The van der Waals surface area contributed by atoms with Crippen LogP contribution in [-0.2, 0) is 29.2 Å². The second kappa shape index (κ2) is 7.56. The van der Waals surface area contributed by atoms with E-state index in [1.807, 2.05) is 31.1 Å². The summed E-state index contributed by atoms with van der Waals surface area (Å²) in [5.74, 6) is -2.32. The largest absolute Gasteiger partial charge is 0.377 e. The highest BCUT2D eigenvalue weighted by molar-refractivity contribution is 7.89. The molecule has 28 heavy (non-hydrogen) atoms. The number of hydrogen-bond donors (Lipinski definition) is 1. The van der Waals surface area contributed by atoms with Crippen molar-refractivity contribution in [2.24, 2.45) is 0 Å². The number of carbonyl (C=O) groups excluding carboxylic acids is 3. The SMILES string of the molecule is CN(C)c1cccc2c(S(=O)(=O)NCC(=O)ON3C(=O)CCC3=O)cccc12. The number of fused-ring (bicyclic) bond motifs is 1. The van der Waals surface area contributed by atoms with E-state index in [2.05, 4.69) is 9.56 Å². The summed E-state index contributed by atoms with van der Waals surface area (Å²) in [6, 6.07) is 10.1. The summed E-state index contributed by atoms with van der Waals surface area (Å²) in [5, 5.41) is 1.61. The van der Waals surface area contributed by atoms with Gasteiger partial charge in [-0.25, -0.2) is 13.2 Å². The Morgan fingerprint density at radius 3 is 2.32 bits per heavy atom. The molecule has 0 unspecified atom stereocenters. The van der Waals surface area contributed by atoms with Crippen LogP contribution in [0.5, 0.6) is 0 Å². The standard InChI is InChI=1S/C18H19N3O6S/c1-20(2)14-7-3-6-13-12(14)5-4-8-15(13)28(25,26)19-11-18(24)27-21-16(22)9-10-17(21)23/h3-8,19H,9-11H2,1-2H3. The molecule has 0 aliphatic carbocycles. The summed E-state index contributed by atoms with van der Waals surface area (Å²) in [7, 11) is -0.338. The summed E-state index contributed by atoms with van der Waals surface area (Å²) < 4.78 is 27.6. The van der Waals surface area contributed by atoms with Crippen LogP contribution in [0.4, 0.5) is 5.69 Å². The number of benzene rings is 2. The molecule has 2 aromatic rings. The van der Waals surface area contributed by atoms with Gasteiger partial charge in [-0.3, -0.25) is 9.59 Å². The smallest absolute Gasteiger partial charge is 0.347 e. The molecule has 0 radical (unpaired) electrons. The minimum absolute atomic E-state index is 0.00910. The van der Waals surface area contributed by atoms with Crippen LogP contribution < -0.4 is 9.62 Å². The molecule has 0 spiro atoms. The van der Waals surface area contributed by atoms with Gasteiger partial charge in [-0.1, -0.05) is 24.3 Å². The zero-order valence-corrected chi connectivity index (χ0v) is 16.2. The van der Waals surface area contributed by atoms with Crippen LogP contribution in [0.1, 0.15) is 12.8 Å². The van der Waals surface area contributed by atoms with E-state index in [1.165, 1.54) is 6.07 Å². The van der Waals surface area contributed by atoms with Gasteiger partial charge in [0.2, 0.25) is 10.0 Å². The van der Waals surface area contributed by atoms with Crippen LogP contribution in [-0.4, -0.2) is 51.9 Å². The van der Waals surface area contributed by atoms with Crippen molar-refractivity contribution in [2.75, 3.05) is 25.5 Å². The number of anilines is 1. The molecule has 148 valence electrons. The van der Waals surface area contributed by atoms with E-state index in [-0.39, 0.29) is 17.7 Å². The lowest BCUT2D eigenvalue weighted by molar-refractivity contribution is -0.196. The molecule has 9 nitrogen and oxygen atoms in total. The van der Waals surface area contributed by atoms with E-state index in [4.69, 9.17) is 0 Å². The van der Waals surface area contributed by atoms with E-state index in [0.29, 0.717) is 10.4 Å². The Morgan fingerprint density at radius 1 is 1.07 bits per heavy atom. The van der Waals surface area contributed by atoms with Crippen molar-refractivity contribution in [1.82, 2.24) is 9.79 Å². The number of hydrogen-bond acceptors (Lipinski definition) is 7. The van der Waals surface area contributed by atoms with Crippen LogP contribution in [0.3, 0.4) is 0 Å². The van der Waals surface area contributed by atoms with Crippen molar-refractivity contribution in [3.63, 3.8) is 0 Å². The van der Waals surface area contributed by atoms with Gasteiger partial charge in [0.15, 0.2) is 0 Å². The molecule has 1 aliphatic rings. The number of hydroxylamine groups is 2. The fourth-order valence-corrected chi connectivity index (χ4v) is 4.10. The molecule has 1 heterocycles. The second-order valence-electron chi connectivity index (χ2n) is 6.39. The van der Waals surface area contributed by atoms with E-state index in [1.54, 1.807) is 18.2 Å². The van der Waals surface area contributed by atoms with Crippen molar-refractivity contribution < 1.29 is 27.6 Å². The molecular weight excluding hydrogens is 386 g/mol. The molecule has 0 bridgehead atoms. The quantitative estimate of drug-likeness (QED) is 0.707. The van der Waals surface area contributed by atoms with Gasteiger partial charge < -0.3 is 9.74 Å². The molecule has 3 rings (SSSR count). The average molecular weight is 405 g/mol. The average Bonchev–Trinajstić information content (AvgIpc) is 2.97. The molecule has 1 fully saturated rings. The Bertz CT molecular complexity index is 1050. The molecular formula is C18H19N3O6S. The predicted octanol–water partition coefficient (Wildman–Crippen LogP) is 0.791. The Balaban J connectivity index is 1.80. The molecule has 2 aromatic carbocycles. The lowest BCUT2D eigenvalue weighted by Gasteiger charge is -2.17. The first-order valence-corrected chi connectivity index (χ1v) is 9.94. The lowest BCUT2D eigenvalue weighted by Crippen LogP contribution is -2.37. The Hall–Kier alpha value is -2.98. The lowest BCUT2D eigenvalue weighted by atomic mass is 10.1. The van der Waals surface area contributed by atoms with Gasteiger partial charge in [0.25, 0.3) is 11.8 Å². The summed E-state index contributed by atoms with van der Waals surface area (Å²) in [6.07, 6.45) is -0.0793. The molecule has 1 saturated heterocycles. The first kappa shape index (κ1) is 19.8. The van der Waals surface area contributed by atoms with Gasteiger partial charge in [0, 0.05) is 43.4 Å². The normalized spacial score (nSPS) is 14.6. The van der Waals surface area contributed by atoms with E-state index in [9.17, 15) is 22.8 Å². The molecule has 0 atom stereocenters. The highest BCUT2D eigenvalue weighted by Gasteiger charge is 2.33. The second-order valence-corrected chi connectivity index (χ2v) is 8.13. The van der Waals surface area contributed by atoms with Gasteiger partial charge in [-0.15, -0.1) is 5.06 Å². The van der Waals surface area contributed by atoms with Crippen molar-refractivity contribution >= 4 is 44.3 Å². The highest BCUT2D eigenvalue weighted by Crippen LogP contribution is 2.30. The van der Waals surface area contributed by atoms with Crippen molar-refractivity contribution in [2.45, 2.75) is 17.7 Å². The molecule has 1 N–H and O–H groups in total. The zero-order valence-electron chi connectivity index (χ0n) is 15.3. The third-order valence-corrected chi connectivity index (χ3v) is 5.70. The molecule has 2 amide bonds. The van der Waals surface area contributed by atoms with E-state index in [0.717, 1.165) is 11.1 Å². The number of rotatable bonds is 6. The number of sulfonamides is 1. The topological polar surface area (TPSA) is 113 Å². The summed E-state index contributed by atoms with van der Waals surface area (Å²) in [4.78, 5) is 41.3. The van der Waals surface area contributed by atoms with Crippen LogP contribution >= 0.6 is 0 Å². The molecule has 0 saturated carbocycles. The van der Waals surface area contributed by atoms with Gasteiger partial charge in [-0.2, -0.15) is 4.72 Å². The van der Waals surface area contributed by atoms with Crippen LogP contribution in [0, 0.1) is 0 Å². The minimum atomic E-state index is -4.04.